The molecule has 0 atom stereocenters. The highest BCUT2D eigenvalue weighted by atomic mass is 16.6. The highest BCUT2D eigenvalue weighted by molar-refractivity contribution is 6.08. The number of amides is 1. The van der Waals surface area contributed by atoms with Crippen molar-refractivity contribution in [1.82, 2.24) is 10.3 Å². The summed E-state index contributed by atoms with van der Waals surface area (Å²) in [5.74, 6) is -2.28. The second kappa shape index (κ2) is 8.11. The summed E-state index contributed by atoms with van der Waals surface area (Å²) >= 11 is 0. The fraction of sp³-hybridized carbons (Fsp3) is 0.467. The first-order valence-electron chi connectivity index (χ1n) is 6.99. The normalized spacial score (nSPS) is 10.7. The summed E-state index contributed by atoms with van der Waals surface area (Å²) in [7, 11) is 0. The minimum atomic E-state index is -1.94. The molecule has 120 valence electrons. The van der Waals surface area contributed by atoms with Gasteiger partial charge < -0.3 is 14.8 Å². The van der Waals surface area contributed by atoms with E-state index >= 15 is 0 Å². The Hall–Kier alpha value is -2.44. The number of rotatable bonds is 7. The number of esters is 2. The number of hydrogen-bond acceptors (Lipinski definition) is 6. The molecule has 0 bridgehead atoms. The van der Waals surface area contributed by atoms with Crippen molar-refractivity contribution in [2.75, 3.05) is 13.2 Å². The molecule has 1 heterocycles. The second-order valence-electron chi connectivity index (χ2n) is 4.53. The molecule has 0 aliphatic heterocycles. The topological polar surface area (TPSA) is 94.6 Å². The van der Waals surface area contributed by atoms with Gasteiger partial charge in [0.1, 0.15) is 0 Å². The number of pyridine rings is 1. The van der Waals surface area contributed by atoms with Crippen molar-refractivity contribution >= 4 is 17.8 Å². The van der Waals surface area contributed by atoms with E-state index in [9.17, 15) is 14.4 Å². The molecular weight excluding hydrogens is 288 g/mol. The fourth-order valence-electron chi connectivity index (χ4n) is 1.96. The molecule has 7 heteroatoms. The van der Waals surface area contributed by atoms with Gasteiger partial charge in [-0.1, -0.05) is 6.07 Å². The van der Waals surface area contributed by atoms with Gasteiger partial charge in [0.15, 0.2) is 0 Å². The molecule has 22 heavy (non-hydrogen) atoms. The van der Waals surface area contributed by atoms with E-state index in [4.69, 9.17) is 9.47 Å². The molecule has 1 aromatic rings. The van der Waals surface area contributed by atoms with E-state index in [-0.39, 0.29) is 19.6 Å². The van der Waals surface area contributed by atoms with Crippen molar-refractivity contribution in [2.24, 2.45) is 0 Å². The summed E-state index contributed by atoms with van der Waals surface area (Å²) < 4.78 is 9.93. The lowest BCUT2D eigenvalue weighted by atomic mass is 9.92. The first-order valence-corrected chi connectivity index (χ1v) is 6.99. The van der Waals surface area contributed by atoms with Crippen LogP contribution in [0.5, 0.6) is 0 Å². The van der Waals surface area contributed by atoms with Gasteiger partial charge >= 0.3 is 11.9 Å². The summed E-state index contributed by atoms with van der Waals surface area (Å²) in [6, 6.07) is 5.07. The molecule has 0 spiro atoms. The van der Waals surface area contributed by atoms with E-state index in [2.05, 4.69) is 10.3 Å². The molecule has 1 aromatic heterocycles. The number of nitrogens with one attached hydrogen (secondary N) is 1. The van der Waals surface area contributed by atoms with E-state index in [1.54, 1.807) is 32.0 Å². The Morgan fingerprint density at radius 1 is 1.14 bits per heavy atom. The van der Waals surface area contributed by atoms with Crippen LogP contribution in [0.25, 0.3) is 0 Å². The number of aromatic nitrogens is 1. The number of carbonyl (C=O) groups is 3. The molecule has 0 unspecified atom stereocenters. The predicted octanol–water partition coefficient (Wildman–Crippen LogP) is 0.625. The van der Waals surface area contributed by atoms with Gasteiger partial charge in [-0.15, -0.1) is 0 Å². The van der Waals surface area contributed by atoms with Gasteiger partial charge in [0.2, 0.25) is 11.4 Å². The van der Waals surface area contributed by atoms with Crippen LogP contribution in [0.15, 0.2) is 24.4 Å². The maximum Gasteiger partial charge on any atom is 0.344 e. The van der Waals surface area contributed by atoms with Crippen LogP contribution in [0.1, 0.15) is 26.5 Å². The smallest absolute Gasteiger partial charge is 0.344 e. The molecule has 1 amide bonds. The maximum atomic E-state index is 12.4. The minimum Gasteiger partial charge on any atom is -0.464 e. The number of hydrogen-bond donors (Lipinski definition) is 1. The Labute approximate surface area is 129 Å². The zero-order chi connectivity index (χ0) is 16.6. The Balaban J connectivity index is 3.26. The molecule has 0 saturated carbocycles. The second-order valence-corrected chi connectivity index (χ2v) is 4.53. The van der Waals surface area contributed by atoms with Gasteiger partial charge in [-0.05, 0) is 26.0 Å². The molecule has 0 saturated heterocycles. The minimum absolute atomic E-state index is 0.0712. The summed E-state index contributed by atoms with van der Waals surface area (Å²) in [4.78, 5) is 40.3. The van der Waals surface area contributed by atoms with Gasteiger partial charge in [-0.25, -0.2) is 9.59 Å². The molecule has 0 aliphatic rings. The third kappa shape index (κ3) is 4.28. The van der Waals surface area contributed by atoms with E-state index in [1.165, 1.54) is 13.1 Å². The van der Waals surface area contributed by atoms with E-state index in [0.29, 0.717) is 5.69 Å². The lowest BCUT2D eigenvalue weighted by Crippen LogP contribution is -2.62. The average molecular weight is 308 g/mol. The van der Waals surface area contributed by atoms with E-state index in [1.807, 2.05) is 0 Å². The van der Waals surface area contributed by atoms with Crippen LogP contribution in [0.2, 0.25) is 0 Å². The molecule has 7 nitrogen and oxygen atoms in total. The van der Waals surface area contributed by atoms with Gasteiger partial charge in [-0.3, -0.25) is 9.78 Å². The molecule has 0 aromatic carbocycles. The zero-order valence-electron chi connectivity index (χ0n) is 12.9. The SMILES string of the molecule is CCOC(=O)C(Cc1ccccn1)(NC(C)=O)C(=O)OCC. The van der Waals surface area contributed by atoms with Gasteiger partial charge in [0.25, 0.3) is 0 Å². The van der Waals surface area contributed by atoms with E-state index in [0.717, 1.165) is 0 Å². The molecule has 1 rings (SSSR count). The molecule has 1 N–H and O–H groups in total. The standard InChI is InChI=1S/C15H20N2O5/c1-4-21-13(19)15(17-11(3)18,14(20)22-5-2)10-12-8-6-7-9-16-12/h6-9H,4-5,10H2,1-3H3,(H,17,18). The molecule has 0 radical (unpaired) electrons. The summed E-state index contributed by atoms with van der Waals surface area (Å²) in [5.41, 5.74) is -1.48. The Morgan fingerprint density at radius 2 is 1.73 bits per heavy atom. The van der Waals surface area contributed by atoms with Crippen molar-refractivity contribution in [3.05, 3.63) is 30.1 Å². The maximum absolute atomic E-state index is 12.4. The van der Waals surface area contributed by atoms with Crippen LogP contribution in [-0.2, 0) is 30.3 Å². The first-order chi connectivity index (χ1) is 10.5. The van der Waals surface area contributed by atoms with Crippen molar-refractivity contribution in [2.45, 2.75) is 32.7 Å². The molecular formula is C15H20N2O5. The lowest BCUT2D eigenvalue weighted by Gasteiger charge is -2.29. The fourth-order valence-corrected chi connectivity index (χ4v) is 1.96. The van der Waals surface area contributed by atoms with Gasteiger partial charge in [-0.2, -0.15) is 0 Å². The number of ether oxygens (including phenoxy) is 2. The van der Waals surface area contributed by atoms with Crippen LogP contribution in [-0.4, -0.2) is 41.6 Å². The first kappa shape index (κ1) is 17.6. The summed E-state index contributed by atoms with van der Waals surface area (Å²) in [5, 5.41) is 2.38. The van der Waals surface area contributed by atoms with Crippen molar-refractivity contribution in [1.29, 1.82) is 0 Å². The van der Waals surface area contributed by atoms with Crippen molar-refractivity contribution in [3.63, 3.8) is 0 Å². The van der Waals surface area contributed by atoms with Gasteiger partial charge in [0, 0.05) is 25.2 Å². The highest BCUT2D eigenvalue weighted by Crippen LogP contribution is 2.17. The average Bonchev–Trinajstić information content (AvgIpc) is 2.47. The Morgan fingerprint density at radius 3 is 2.14 bits per heavy atom. The number of carbonyl (C=O) groups excluding carboxylic acids is 3. The quantitative estimate of drug-likeness (QED) is 0.586. The monoisotopic (exact) mass is 308 g/mol. The largest absolute Gasteiger partial charge is 0.464 e. The van der Waals surface area contributed by atoms with Crippen LogP contribution in [0, 0.1) is 0 Å². The number of nitrogens with zero attached hydrogens (tertiary/aromatic N) is 1. The van der Waals surface area contributed by atoms with Crippen LogP contribution >= 0.6 is 0 Å². The van der Waals surface area contributed by atoms with Crippen molar-refractivity contribution in [3.8, 4) is 0 Å². The predicted molar refractivity (Wildman–Crippen MR) is 77.8 cm³/mol. The third-order valence-electron chi connectivity index (χ3n) is 2.81. The van der Waals surface area contributed by atoms with E-state index < -0.39 is 23.4 Å². The van der Waals surface area contributed by atoms with Crippen LogP contribution in [0.3, 0.4) is 0 Å². The lowest BCUT2D eigenvalue weighted by molar-refractivity contribution is -0.168. The van der Waals surface area contributed by atoms with Gasteiger partial charge in [0.05, 0.1) is 13.2 Å². The summed E-state index contributed by atoms with van der Waals surface area (Å²) in [6.07, 6.45) is 1.38. The van der Waals surface area contributed by atoms with Crippen LogP contribution < -0.4 is 5.32 Å². The van der Waals surface area contributed by atoms with Crippen molar-refractivity contribution < 1.29 is 23.9 Å². The molecule has 0 fully saturated rings. The summed E-state index contributed by atoms with van der Waals surface area (Å²) in [6.45, 7) is 4.58. The zero-order valence-corrected chi connectivity index (χ0v) is 12.9. The third-order valence-corrected chi connectivity index (χ3v) is 2.81. The highest BCUT2D eigenvalue weighted by Gasteiger charge is 2.50. The molecule has 0 aliphatic carbocycles. The Kier molecular flexibility index (Phi) is 6.49. The Bertz CT molecular complexity index is 512. The van der Waals surface area contributed by atoms with Crippen LogP contribution in [0.4, 0.5) is 0 Å².